The number of imidazole rings is 1. The summed E-state index contributed by atoms with van der Waals surface area (Å²) in [6.07, 6.45) is -5.22. The van der Waals surface area contributed by atoms with Crippen molar-refractivity contribution in [2.24, 2.45) is 5.73 Å². The monoisotopic (exact) mass is 468 g/mol. The van der Waals surface area contributed by atoms with Crippen molar-refractivity contribution in [1.29, 1.82) is 0 Å². The molecule has 2 N–H and O–H groups in total. The maximum Gasteiger partial charge on any atom is 0.459 e. The number of halogens is 7. The Kier molecular flexibility index (Phi) is 7.92. The van der Waals surface area contributed by atoms with Gasteiger partial charge in [-0.05, 0) is 24.1 Å². The molecule has 0 saturated carbocycles. The van der Waals surface area contributed by atoms with Crippen LogP contribution in [-0.2, 0) is 30.2 Å². The molecule has 1 aromatic carbocycles. The van der Waals surface area contributed by atoms with Crippen LogP contribution in [0.4, 0.5) is 30.7 Å². The lowest BCUT2D eigenvalue weighted by Crippen LogP contribution is -2.41. The number of hydrogen-bond acceptors (Lipinski definition) is 3. The fourth-order valence-corrected chi connectivity index (χ4v) is 3.16. The summed E-state index contributed by atoms with van der Waals surface area (Å²) in [6.45, 7) is 3.84. The Labute approximate surface area is 180 Å². The standard InChI is InChI=1S/C18H17F7N4O.C2H6/c19-12-2-1-10(6-13(12)20)5-11(26)7-16(30)29-4-3-28-8-14(27-15(28)9-29)17(21,22)18(23,24)25;1-2/h1-2,6,8,11H,3-5,7,9,26H2;1-2H3/t11-;/m1./s1. The summed E-state index contributed by atoms with van der Waals surface area (Å²) in [5.41, 5.74) is 4.87. The van der Waals surface area contributed by atoms with Gasteiger partial charge in [-0.25, -0.2) is 13.8 Å². The summed E-state index contributed by atoms with van der Waals surface area (Å²) in [4.78, 5) is 17.1. The number of hydrogen-bond donors (Lipinski definition) is 1. The predicted octanol–water partition coefficient (Wildman–Crippen LogP) is 4.14. The second kappa shape index (κ2) is 9.88. The van der Waals surface area contributed by atoms with E-state index in [9.17, 15) is 35.5 Å². The van der Waals surface area contributed by atoms with E-state index in [-0.39, 0.29) is 38.3 Å². The molecule has 1 amide bonds. The molecule has 0 fully saturated rings. The number of nitrogens with zero attached hydrogens (tertiary/aromatic N) is 3. The molecule has 0 aliphatic carbocycles. The fourth-order valence-electron chi connectivity index (χ4n) is 3.16. The molecule has 1 aliphatic rings. The van der Waals surface area contributed by atoms with Gasteiger partial charge in [0, 0.05) is 31.7 Å². The topological polar surface area (TPSA) is 64.2 Å². The van der Waals surface area contributed by atoms with Crippen molar-refractivity contribution in [3.8, 4) is 0 Å². The molecule has 12 heteroatoms. The number of carbonyl (C=O) groups is 1. The van der Waals surface area contributed by atoms with Crippen LogP contribution < -0.4 is 5.73 Å². The summed E-state index contributed by atoms with van der Waals surface area (Å²) < 4.78 is 92.0. The van der Waals surface area contributed by atoms with E-state index in [1.807, 2.05) is 13.8 Å². The summed E-state index contributed by atoms with van der Waals surface area (Å²) in [5, 5.41) is 0. The van der Waals surface area contributed by atoms with Crippen LogP contribution in [0.25, 0.3) is 0 Å². The molecular weight excluding hydrogens is 445 g/mol. The quantitative estimate of drug-likeness (QED) is 0.671. The van der Waals surface area contributed by atoms with Crippen LogP contribution >= 0.6 is 0 Å². The average molecular weight is 468 g/mol. The first-order valence-electron chi connectivity index (χ1n) is 9.87. The highest BCUT2D eigenvalue weighted by molar-refractivity contribution is 5.76. The Morgan fingerprint density at radius 1 is 1.12 bits per heavy atom. The Morgan fingerprint density at radius 2 is 1.78 bits per heavy atom. The van der Waals surface area contributed by atoms with Crippen LogP contribution in [0.15, 0.2) is 24.4 Å². The van der Waals surface area contributed by atoms with Crippen molar-refractivity contribution in [3.63, 3.8) is 0 Å². The average Bonchev–Trinajstić information content (AvgIpc) is 3.15. The van der Waals surface area contributed by atoms with Crippen LogP contribution in [0.5, 0.6) is 0 Å². The second-order valence-electron chi connectivity index (χ2n) is 7.04. The van der Waals surface area contributed by atoms with Crippen molar-refractivity contribution >= 4 is 5.91 Å². The second-order valence-corrected chi connectivity index (χ2v) is 7.04. The lowest BCUT2D eigenvalue weighted by molar-refractivity contribution is -0.290. The van der Waals surface area contributed by atoms with Gasteiger partial charge in [0.2, 0.25) is 5.91 Å². The van der Waals surface area contributed by atoms with E-state index in [1.165, 1.54) is 11.0 Å². The molecule has 0 saturated heterocycles. The number of aromatic nitrogens is 2. The predicted molar refractivity (Wildman–Crippen MR) is 102 cm³/mol. The molecule has 0 bridgehead atoms. The zero-order valence-electron chi connectivity index (χ0n) is 17.4. The maximum atomic E-state index is 13.5. The minimum absolute atomic E-state index is 0.000419. The van der Waals surface area contributed by atoms with Gasteiger partial charge >= 0.3 is 12.1 Å². The number of nitrogens with two attached hydrogens (primary N) is 1. The van der Waals surface area contributed by atoms with E-state index in [1.54, 1.807) is 0 Å². The number of benzene rings is 1. The van der Waals surface area contributed by atoms with Gasteiger partial charge in [0.05, 0.1) is 6.54 Å². The van der Waals surface area contributed by atoms with E-state index in [4.69, 9.17) is 5.73 Å². The van der Waals surface area contributed by atoms with E-state index < -0.39 is 41.4 Å². The SMILES string of the molecule is CC.N[C@@H](CC(=O)N1CCn2cc(C(F)(F)C(F)(F)F)nc2C1)Cc1ccc(F)c(F)c1. The molecule has 0 radical (unpaired) electrons. The highest BCUT2D eigenvalue weighted by atomic mass is 19.4. The molecule has 2 heterocycles. The van der Waals surface area contributed by atoms with Gasteiger partial charge in [0.25, 0.3) is 0 Å². The zero-order valence-corrected chi connectivity index (χ0v) is 17.4. The highest BCUT2D eigenvalue weighted by Gasteiger charge is 2.60. The highest BCUT2D eigenvalue weighted by Crippen LogP contribution is 2.43. The normalized spacial score (nSPS) is 15.0. The van der Waals surface area contributed by atoms with Gasteiger partial charge in [-0.3, -0.25) is 4.79 Å². The minimum atomic E-state index is -5.78. The first-order valence-corrected chi connectivity index (χ1v) is 9.87. The summed E-state index contributed by atoms with van der Waals surface area (Å²) in [6, 6.07) is 2.52. The third kappa shape index (κ3) is 5.59. The molecule has 1 aliphatic heterocycles. The van der Waals surface area contributed by atoms with Crippen LogP contribution in [0.2, 0.25) is 0 Å². The molecule has 1 atom stereocenters. The molecule has 3 rings (SSSR count). The summed E-state index contributed by atoms with van der Waals surface area (Å²) in [5.74, 6) is -7.70. The summed E-state index contributed by atoms with van der Waals surface area (Å²) in [7, 11) is 0. The van der Waals surface area contributed by atoms with Crippen molar-refractivity contribution in [1.82, 2.24) is 14.5 Å². The van der Waals surface area contributed by atoms with E-state index in [2.05, 4.69) is 4.98 Å². The Bertz CT molecular complexity index is 943. The van der Waals surface area contributed by atoms with Gasteiger partial charge in [0.1, 0.15) is 11.5 Å². The fraction of sp³-hybridized carbons (Fsp3) is 0.500. The smallest absolute Gasteiger partial charge is 0.333 e. The largest absolute Gasteiger partial charge is 0.459 e. The Morgan fingerprint density at radius 3 is 2.38 bits per heavy atom. The number of amides is 1. The molecule has 0 unspecified atom stereocenters. The summed E-state index contributed by atoms with van der Waals surface area (Å²) >= 11 is 0. The Balaban J connectivity index is 0.00000176. The van der Waals surface area contributed by atoms with Crippen LogP contribution in [0, 0.1) is 11.6 Å². The lowest BCUT2D eigenvalue weighted by Gasteiger charge is -2.28. The number of carbonyl (C=O) groups excluding carboxylic acids is 1. The molecule has 5 nitrogen and oxygen atoms in total. The van der Waals surface area contributed by atoms with Gasteiger partial charge in [0.15, 0.2) is 11.6 Å². The molecule has 32 heavy (non-hydrogen) atoms. The number of alkyl halides is 5. The van der Waals surface area contributed by atoms with Gasteiger partial charge in [-0.2, -0.15) is 22.0 Å². The van der Waals surface area contributed by atoms with Crippen molar-refractivity contribution in [3.05, 3.63) is 53.1 Å². The van der Waals surface area contributed by atoms with E-state index in [0.717, 1.165) is 16.7 Å². The van der Waals surface area contributed by atoms with E-state index in [0.29, 0.717) is 11.8 Å². The first-order chi connectivity index (χ1) is 14.9. The molecular formula is C20H23F7N4O. The number of fused-ring (bicyclic) bond motifs is 1. The third-order valence-corrected chi connectivity index (χ3v) is 4.75. The molecule has 2 aromatic rings. The van der Waals surface area contributed by atoms with E-state index >= 15 is 0 Å². The van der Waals surface area contributed by atoms with Crippen molar-refractivity contribution < 1.29 is 35.5 Å². The third-order valence-electron chi connectivity index (χ3n) is 4.75. The maximum absolute atomic E-state index is 13.5. The van der Waals surface area contributed by atoms with Crippen LogP contribution in [0.1, 0.15) is 37.4 Å². The minimum Gasteiger partial charge on any atom is -0.333 e. The zero-order chi connectivity index (χ0) is 24.3. The van der Waals surface area contributed by atoms with Gasteiger partial charge in [-0.15, -0.1) is 0 Å². The molecule has 1 aromatic heterocycles. The van der Waals surface area contributed by atoms with Gasteiger partial charge < -0.3 is 15.2 Å². The molecule has 178 valence electrons. The van der Waals surface area contributed by atoms with Gasteiger partial charge in [-0.1, -0.05) is 19.9 Å². The first kappa shape index (κ1) is 25.6. The Hall–Kier alpha value is -2.63. The van der Waals surface area contributed by atoms with Crippen LogP contribution in [-0.4, -0.2) is 39.1 Å². The lowest BCUT2D eigenvalue weighted by atomic mass is 10.0. The van der Waals surface area contributed by atoms with Crippen LogP contribution in [0.3, 0.4) is 0 Å². The molecule has 0 spiro atoms. The number of rotatable bonds is 5. The van der Waals surface area contributed by atoms with Crippen molar-refractivity contribution in [2.45, 2.75) is 57.9 Å². The van der Waals surface area contributed by atoms with Crippen molar-refractivity contribution in [2.75, 3.05) is 6.54 Å².